The van der Waals surface area contributed by atoms with Gasteiger partial charge < -0.3 is 14.4 Å². The fourth-order valence-electron chi connectivity index (χ4n) is 12.4. The minimum Gasteiger partial charge on any atom is -0.461 e. The van der Waals surface area contributed by atoms with E-state index in [1.54, 1.807) is 0 Å². The third-order valence-corrected chi connectivity index (χ3v) is 14.8. The van der Waals surface area contributed by atoms with Crippen LogP contribution in [0.15, 0.2) is 174 Å². The van der Waals surface area contributed by atoms with E-state index in [-0.39, 0.29) is 18.2 Å². The summed E-state index contributed by atoms with van der Waals surface area (Å²) in [4.78, 5) is 5.44. The Morgan fingerprint density at radius 3 is 2.21 bits per heavy atom. The molecule has 0 radical (unpaired) electrons. The zero-order chi connectivity index (χ0) is 39.1. The molecule has 6 aliphatic rings. The lowest BCUT2D eigenvalue weighted by Gasteiger charge is -2.65. The summed E-state index contributed by atoms with van der Waals surface area (Å²) in [6.07, 6.45) is 8.43. The summed E-state index contributed by atoms with van der Waals surface area (Å²) in [5.74, 6) is 2.29. The van der Waals surface area contributed by atoms with Crippen LogP contribution in [-0.4, -0.2) is 12.4 Å². The van der Waals surface area contributed by atoms with Crippen molar-refractivity contribution in [3.8, 4) is 28.0 Å². The summed E-state index contributed by atoms with van der Waals surface area (Å²) >= 11 is 0. The Morgan fingerprint density at radius 1 is 0.690 bits per heavy atom. The molecule has 3 nitrogen and oxygen atoms in total. The summed E-state index contributed by atoms with van der Waals surface area (Å²) < 4.78 is 7.48. The molecule has 12 rings (SSSR count). The highest BCUT2D eigenvalue weighted by atomic mass is 16.5. The van der Waals surface area contributed by atoms with Crippen molar-refractivity contribution >= 4 is 35.1 Å². The number of para-hydroxylation sites is 3. The molecule has 0 saturated carbocycles. The summed E-state index contributed by atoms with van der Waals surface area (Å²) in [6, 6.07) is 52.6. The summed E-state index contributed by atoms with van der Waals surface area (Å²) in [5.41, 5.74) is 18.4. The van der Waals surface area contributed by atoms with Crippen molar-refractivity contribution in [2.45, 2.75) is 70.3 Å². The first-order valence-electron chi connectivity index (χ1n) is 21.4. The molecule has 0 bridgehead atoms. The minimum absolute atomic E-state index is 0.138. The zero-order valence-electron chi connectivity index (χ0n) is 34.0. The largest absolute Gasteiger partial charge is 0.461 e. The maximum absolute atomic E-state index is 7.48. The molecule has 58 heavy (non-hydrogen) atoms. The fourth-order valence-corrected chi connectivity index (χ4v) is 12.4. The molecule has 6 aromatic carbocycles. The van der Waals surface area contributed by atoms with Gasteiger partial charge in [0.25, 0.3) is 0 Å². The zero-order valence-corrected chi connectivity index (χ0v) is 34.0. The molecule has 4 heterocycles. The number of fused-ring (bicyclic) bond motifs is 11. The predicted octanol–water partition coefficient (Wildman–Crippen LogP) is 12.6. The first-order valence-corrected chi connectivity index (χ1v) is 21.4. The first-order chi connectivity index (χ1) is 28.3. The Kier molecular flexibility index (Phi) is 6.93. The van der Waals surface area contributed by atoms with Gasteiger partial charge in [-0.15, -0.1) is 0 Å². The first kappa shape index (κ1) is 34.1. The van der Waals surface area contributed by atoms with Gasteiger partial charge in [-0.05, 0) is 138 Å². The summed E-state index contributed by atoms with van der Waals surface area (Å²) in [6.45, 7) is 12.1. The van der Waals surface area contributed by atoms with E-state index in [0.717, 1.165) is 17.9 Å². The van der Waals surface area contributed by atoms with E-state index in [0.29, 0.717) is 0 Å². The summed E-state index contributed by atoms with van der Waals surface area (Å²) in [5, 5.41) is 0. The van der Waals surface area contributed by atoms with Gasteiger partial charge in [0.15, 0.2) is 0 Å². The van der Waals surface area contributed by atoms with Crippen molar-refractivity contribution in [2.75, 3.05) is 9.71 Å². The molecule has 0 saturated heterocycles. The molecule has 0 fully saturated rings. The number of rotatable bonds is 5. The molecule has 2 aliphatic carbocycles. The standard InChI is InChI=1S/C54H47BN2O/c1-6-7-18-35-27-28-43-39(31-35)40-32-37(36-19-10-8-11-20-36)33-45-48(40)55(57(43)38-21-12-9-13-22-38)50-51-53(4,42-24-15-17-26-46(42)58-51)47-34(2)29-30-52(3)41-23-14-16-25-44(41)56(45)54(50,5)49(47)52/h8-17,19-34H,6-7,18H2,1-5H3. The van der Waals surface area contributed by atoms with Crippen molar-refractivity contribution in [1.82, 2.24) is 0 Å². The van der Waals surface area contributed by atoms with Crippen molar-refractivity contribution in [3.05, 3.63) is 191 Å². The SMILES string of the molecule is CCCCc1ccc2c(c1)-c1cc(-c3ccccc3)cc3c1B(C1=C4Oc5ccccc5C4(C)C4=C5C(C)(C=CC4C)c4ccccc4N3C15C)N2c1ccccc1. The van der Waals surface area contributed by atoms with Gasteiger partial charge in [-0.3, -0.25) is 0 Å². The Bertz CT molecular complexity index is 2840. The molecule has 6 aromatic rings. The molecule has 4 aliphatic heterocycles. The highest BCUT2D eigenvalue weighted by Crippen LogP contribution is 2.70. The van der Waals surface area contributed by atoms with Gasteiger partial charge in [-0.25, -0.2) is 0 Å². The molecule has 4 heteroatoms. The fraction of sp³-hybridized carbons (Fsp3) is 0.222. The van der Waals surface area contributed by atoms with Crippen LogP contribution < -0.4 is 19.9 Å². The van der Waals surface area contributed by atoms with Crippen LogP contribution in [0.25, 0.3) is 22.3 Å². The van der Waals surface area contributed by atoms with E-state index in [1.807, 2.05) is 0 Å². The smallest absolute Gasteiger partial charge is 0.332 e. The van der Waals surface area contributed by atoms with Gasteiger partial charge in [0.05, 0.1) is 11.0 Å². The average molecular weight is 751 g/mol. The number of unbranched alkanes of at least 4 members (excludes halogenated alkanes) is 1. The monoisotopic (exact) mass is 750 g/mol. The number of aryl methyl sites for hydroxylation is 1. The normalized spacial score (nSPS) is 25.1. The van der Waals surface area contributed by atoms with Crippen LogP contribution in [0, 0.1) is 5.92 Å². The van der Waals surface area contributed by atoms with Gasteiger partial charge in [-0.1, -0.05) is 123 Å². The van der Waals surface area contributed by atoms with Gasteiger partial charge in [0, 0.05) is 39.3 Å². The van der Waals surface area contributed by atoms with Crippen LogP contribution in [0.4, 0.5) is 22.7 Å². The van der Waals surface area contributed by atoms with Crippen LogP contribution >= 0.6 is 0 Å². The quantitative estimate of drug-likeness (QED) is 0.129. The third-order valence-electron chi connectivity index (χ3n) is 14.8. The van der Waals surface area contributed by atoms with E-state index in [4.69, 9.17) is 4.74 Å². The lowest BCUT2D eigenvalue weighted by molar-refractivity contribution is 0.342. The van der Waals surface area contributed by atoms with Gasteiger partial charge in [0.2, 0.25) is 0 Å². The number of allylic oxidation sites excluding steroid dienone is 3. The third kappa shape index (κ3) is 4.11. The maximum atomic E-state index is 7.48. The Hall–Kier alpha value is -6.00. The van der Waals surface area contributed by atoms with Gasteiger partial charge >= 0.3 is 6.85 Å². The molecule has 0 N–H and O–H groups in total. The number of hydrogen-bond donors (Lipinski definition) is 0. The van der Waals surface area contributed by atoms with E-state index < -0.39 is 11.0 Å². The number of hydrogen-bond acceptors (Lipinski definition) is 3. The molecule has 282 valence electrons. The Labute approximate surface area is 343 Å². The number of ether oxygens (including phenoxy) is 1. The Morgan fingerprint density at radius 2 is 1.41 bits per heavy atom. The van der Waals surface area contributed by atoms with Crippen LogP contribution in [0.2, 0.25) is 0 Å². The number of nitrogens with zero attached hydrogens (tertiary/aromatic N) is 2. The van der Waals surface area contributed by atoms with Crippen molar-refractivity contribution in [2.24, 2.45) is 5.92 Å². The van der Waals surface area contributed by atoms with E-state index >= 15 is 0 Å². The molecule has 4 unspecified atom stereocenters. The number of anilines is 4. The molecule has 0 amide bonds. The molecule has 4 atom stereocenters. The van der Waals surface area contributed by atoms with Crippen molar-refractivity contribution < 1.29 is 4.74 Å². The highest BCUT2D eigenvalue weighted by Gasteiger charge is 2.68. The van der Waals surface area contributed by atoms with Gasteiger partial charge in [0.1, 0.15) is 11.5 Å². The van der Waals surface area contributed by atoms with Crippen LogP contribution in [-0.2, 0) is 17.3 Å². The van der Waals surface area contributed by atoms with E-state index in [2.05, 4.69) is 196 Å². The molecular formula is C54H47BN2O. The second-order valence-corrected chi connectivity index (χ2v) is 17.9. The molecule has 0 aromatic heterocycles. The second kappa shape index (κ2) is 11.8. The topological polar surface area (TPSA) is 15.7 Å². The predicted molar refractivity (Wildman–Crippen MR) is 241 cm³/mol. The Balaban J connectivity index is 1.30. The maximum Gasteiger partial charge on any atom is 0.332 e. The van der Waals surface area contributed by atoms with Crippen LogP contribution in [0.3, 0.4) is 0 Å². The number of benzene rings is 6. The van der Waals surface area contributed by atoms with Gasteiger partial charge in [-0.2, -0.15) is 0 Å². The highest BCUT2D eigenvalue weighted by molar-refractivity contribution is 6.88. The van der Waals surface area contributed by atoms with Crippen LogP contribution in [0.1, 0.15) is 64.2 Å². The lowest BCUT2D eigenvalue weighted by Crippen LogP contribution is -2.71. The molecular weight excluding hydrogens is 703 g/mol. The van der Waals surface area contributed by atoms with E-state index in [9.17, 15) is 0 Å². The lowest BCUT2D eigenvalue weighted by atomic mass is 9.34. The minimum atomic E-state index is -0.565. The van der Waals surface area contributed by atoms with Crippen molar-refractivity contribution in [3.63, 3.8) is 0 Å². The second-order valence-electron chi connectivity index (χ2n) is 17.9. The molecule has 0 spiro atoms. The van der Waals surface area contributed by atoms with Crippen LogP contribution in [0.5, 0.6) is 5.75 Å². The summed E-state index contributed by atoms with van der Waals surface area (Å²) in [7, 11) is 0. The van der Waals surface area contributed by atoms with Crippen molar-refractivity contribution in [1.29, 1.82) is 0 Å². The van der Waals surface area contributed by atoms with E-state index in [1.165, 1.54) is 96.6 Å². The average Bonchev–Trinajstić information content (AvgIpc) is 3.56.